The summed E-state index contributed by atoms with van der Waals surface area (Å²) in [4.78, 5) is 10.9. The van der Waals surface area contributed by atoms with Gasteiger partial charge in [-0.25, -0.2) is 9.89 Å². The van der Waals surface area contributed by atoms with Crippen molar-refractivity contribution in [2.45, 2.75) is 26.8 Å². The Hall–Kier alpha value is -1.13. The Morgan fingerprint density at radius 3 is 2.45 bits per heavy atom. The number of aromatic nitrogens is 4. The van der Waals surface area contributed by atoms with E-state index < -0.39 is 0 Å². The second-order valence-electron chi connectivity index (χ2n) is 2.94. The molecular formula is C6H12N4O. The van der Waals surface area contributed by atoms with Gasteiger partial charge >= 0.3 is 5.69 Å². The molecule has 0 spiro atoms. The summed E-state index contributed by atoms with van der Waals surface area (Å²) in [6.45, 7) is 6.01. The van der Waals surface area contributed by atoms with Crippen LogP contribution in [0, 0.1) is 5.92 Å². The molecule has 0 aliphatic carbocycles. The second-order valence-corrected chi connectivity index (χ2v) is 2.94. The predicted molar refractivity (Wildman–Crippen MR) is 40.2 cm³/mol. The molecule has 1 N–H and O–H groups in total. The van der Waals surface area contributed by atoms with E-state index in [2.05, 4.69) is 15.5 Å². The smallest absolute Gasteiger partial charge is 0.245 e. The van der Waals surface area contributed by atoms with Crippen LogP contribution in [-0.4, -0.2) is 20.2 Å². The molecule has 11 heavy (non-hydrogen) atoms. The topological polar surface area (TPSA) is 63.6 Å². The van der Waals surface area contributed by atoms with Crippen LogP contribution >= 0.6 is 0 Å². The maximum absolute atomic E-state index is 10.9. The van der Waals surface area contributed by atoms with E-state index in [9.17, 15) is 4.79 Å². The number of nitrogens with zero attached hydrogens (tertiary/aromatic N) is 3. The Labute approximate surface area is 64.4 Å². The normalized spacial score (nSPS) is 13.8. The first-order chi connectivity index (χ1) is 5.13. The van der Waals surface area contributed by atoms with Crippen molar-refractivity contribution in [2.75, 3.05) is 0 Å². The molecule has 0 fully saturated rings. The number of hydrogen-bond donors (Lipinski definition) is 1. The minimum absolute atomic E-state index is 0.0984. The van der Waals surface area contributed by atoms with Crippen LogP contribution in [-0.2, 0) is 0 Å². The van der Waals surface area contributed by atoms with E-state index in [4.69, 9.17) is 0 Å². The standard InChI is InChI=1S/C6H12N4O/c1-4(2)5(3)10-6(11)7-8-9-10/h4-5H,1-3H3,(H,7,9,11). The molecule has 1 heterocycles. The summed E-state index contributed by atoms with van der Waals surface area (Å²) < 4.78 is 1.35. The predicted octanol–water partition coefficient (Wildman–Crippen LogP) is 0.183. The molecule has 0 aliphatic rings. The molecule has 5 nitrogen and oxygen atoms in total. The van der Waals surface area contributed by atoms with Gasteiger partial charge in [0.05, 0.1) is 6.04 Å². The molecule has 1 aromatic heterocycles. The van der Waals surface area contributed by atoms with Crippen LogP contribution in [0.2, 0.25) is 0 Å². The molecular weight excluding hydrogens is 144 g/mol. The van der Waals surface area contributed by atoms with E-state index in [0.717, 1.165) is 0 Å². The van der Waals surface area contributed by atoms with Gasteiger partial charge in [0.1, 0.15) is 0 Å². The highest BCUT2D eigenvalue weighted by atomic mass is 16.2. The summed E-state index contributed by atoms with van der Waals surface area (Å²) in [5.41, 5.74) is -0.244. The zero-order chi connectivity index (χ0) is 8.43. The van der Waals surface area contributed by atoms with E-state index in [1.165, 1.54) is 4.68 Å². The van der Waals surface area contributed by atoms with Crippen molar-refractivity contribution >= 4 is 0 Å². The molecule has 0 aromatic carbocycles. The van der Waals surface area contributed by atoms with Crippen LogP contribution in [0.3, 0.4) is 0 Å². The highest BCUT2D eigenvalue weighted by Gasteiger charge is 2.12. The van der Waals surface area contributed by atoms with E-state index in [1.807, 2.05) is 20.8 Å². The number of hydrogen-bond acceptors (Lipinski definition) is 3. The lowest BCUT2D eigenvalue weighted by atomic mass is 10.1. The van der Waals surface area contributed by atoms with Gasteiger partial charge in [-0.3, -0.25) is 0 Å². The van der Waals surface area contributed by atoms with Crippen molar-refractivity contribution < 1.29 is 0 Å². The zero-order valence-electron chi connectivity index (χ0n) is 6.90. The fraction of sp³-hybridized carbons (Fsp3) is 0.833. The molecule has 0 bridgehead atoms. The lowest BCUT2D eigenvalue weighted by Crippen LogP contribution is -2.24. The van der Waals surface area contributed by atoms with Crippen LogP contribution in [0.1, 0.15) is 26.8 Å². The molecule has 0 saturated carbocycles. The van der Waals surface area contributed by atoms with Crippen molar-refractivity contribution in [2.24, 2.45) is 5.92 Å². The molecule has 1 aromatic rings. The fourth-order valence-electron chi connectivity index (χ4n) is 0.754. The molecule has 0 saturated heterocycles. The van der Waals surface area contributed by atoms with Crippen LogP contribution in [0.15, 0.2) is 4.79 Å². The van der Waals surface area contributed by atoms with Crippen molar-refractivity contribution in [3.63, 3.8) is 0 Å². The van der Waals surface area contributed by atoms with Gasteiger partial charge in [-0.05, 0) is 23.3 Å². The van der Waals surface area contributed by atoms with Gasteiger partial charge in [-0.15, -0.1) is 0 Å². The fourth-order valence-corrected chi connectivity index (χ4v) is 0.754. The van der Waals surface area contributed by atoms with Gasteiger partial charge in [0.15, 0.2) is 0 Å². The van der Waals surface area contributed by atoms with Crippen molar-refractivity contribution in [1.29, 1.82) is 0 Å². The third kappa shape index (κ3) is 1.47. The van der Waals surface area contributed by atoms with Gasteiger partial charge in [-0.2, -0.15) is 4.68 Å². The van der Waals surface area contributed by atoms with E-state index in [-0.39, 0.29) is 11.7 Å². The highest BCUT2D eigenvalue weighted by molar-refractivity contribution is 4.64. The lowest BCUT2D eigenvalue weighted by Gasteiger charge is -2.12. The molecule has 0 radical (unpaired) electrons. The number of rotatable bonds is 2. The Kier molecular flexibility index (Phi) is 2.07. The SMILES string of the molecule is CC(C)C(C)n1nn[nH]c1=O. The largest absolute Gasteiger partial charge is 0.361 e. The molecule has 0 amide bonds. The van der Waals surface area contributed by atoms with Gasteiger partial charge in [0.2, 0.25) is 0 Å². The molecule has 1 atom stereocenters. The summed E-state index contributed by atoms with van der Waals surface area (Å²) >= 11 is 0. The second kappa shape index (κ2) is 2.86. The Morgan fingerprint density at radius 1 is 1.45 bits per heavy atom. The number of nitrogens with one attached hydrogen (secondary N) is 1. The zero-order valence-corrected chi connectivity index (χ0v) is 6.90. The van der Waals surface area contributed by atoms with E-state index in [1.54, 1.807) is 0 Å². The summed E-state index contributed by atoms with van der Waals surface area (Å²) in [7, 11) is 0. The van der Waals surface area contributed by atoms with Gasteiger partial charge in [0.25, 0.3) is 0 Å². The van der Waals surface area contributed by atoms with Crippen LogP contribution < -0.4 is 5.69 Å². The third-order valence-corrected chi connectivity index (χ3v) is 1.85. The summed E-state index contributed by atoms with van der Waals surface area (Å²) in [6.07, 6.45) is 0. The first kappa shape index (κ1) is 7.97. The van der Waals surface area contributed by atoms with E-state index >= 15 is 0 Å². The average Bonchev–Trinajstić information content (AvgIpc) is 2.33. The van der Waals surface area contributed by atoms with Gasteiger partial charge in [0, 0.05) is 0 Å². The Morgan fingerprint density at radius 2 is 2.09 bits per heavy atom. The maximum Gasteiger partial charge on any atom is 0.361 e. The van der Waals surface area contributed by atoms with Gasteiger partial charge < -0.3 is 0 Å². The number of aromatic amines is 1. The third-order valence-electron chi connectivity index (χ3n) is 1.85. The summed E-state index contributed by atoms with van der Waals surface area (Å²) in [5.74, 6) is 0.387. The highest BCUT2D eigenvalue weighted by Crippen LogP contribution is 2.11. The van der Waals surface area contributed by atoms with E-state index in [0.29, 0.717) is 5.92 Å². The van der Waals surface area contributed by atoms with Crippen LogP contribution in [0.5, 0.6) is 0 Å². The van der Waals surface area contributed by atoms with Crippen molar-refractivity contribution in [3.8, 4) is 0 Å². The lowest BCUT2D eigenvalue weighted by molar-refractivity contribution is 0.360. The van der Waals surface area contributed by atoms with Crippen molar-refractivity contribution in [1.82, 2.24) is 20.2 Å². The minimum Gasteiger partial charge on any atom is -0.245 e. The quantitative estimate of drug-likeness (QED) is 0.664. The van der Waals surface area contributed by atoms with Gasteiger partial charge in [-0.1, -0.05) is 13.8 Å². The monoisotopic (exact) mass is 156 g/mol. The molecule has 1 unspecified atom stereocenters. The molecule has 0 aliphatic heterocycles. The summed E-state index contributed by atoms with van der Waals surface area (Å²) in [6, 6.07) is 0.0984. The van der Waals surface area contributed by atoms with Crippen LogP contribution in [0.25, 0.3) is 0 Å². The molecule has 5 heteroatoms. The maximum atomic E-state index is 10.9. The minimum atomic E-state index is -0.244. The van der Waals surface area contributed by atoms with Crippen molar-refractivity contribution in [3.05, 3.63) is 10.5 Å². The Balaban J connectivity index is 2.93. The Bertz CT molecular complexity index is 274. The molecule has 62 valence electrons. The average molecular weight is 156 g/mol. The number of tetrazole rings is 1. The first-order valence-electron chi connectivity index (χ1n) is 3.62. The van der Waals surface area contributed by atoms with Crippen LogP contribution in [0.4, 0.5) is 0 Å². The first-order valence-corrected chi connectivity index (χ1v) is 3.62. The molecule has 1 rings (SSSR count). The summed E-state index contributed by atoms with van der Waals surface area (Å²) in [5, 5.41) is 9.29. The number of H-pyrrole nitrogens is 1.